The highest BCUT2D eigenvalue weighted by molar-refractivity contribution is 6.74. The molecule has 1 heterocycles. The number of aryl methyl sites for hydroxylation is 2. The van der Waals surface area contributed by atoms with E-state index in [1.165, 1.54) is 5.56 Å². The Balaban J connectivity index is 1.40. The van der Waals surface area contributed by atoms with E-state index in [-0.39, 0.29) is 35.9 Å². The molecule has 0 radical (unpaired) electrons. The molecule has 0 aromatic heterocycles. The molecule has 37 heavy (non-hydrogen) atoms. The zero-order chi connectivity index (χ0) is 27.2. The predicted octanol–water partition coefficient (Wildman–Crippen LogP) is 5.43. The number of hydrogen-bond donors (Lipinski definition) is 1. The van der Waals surface area contributed by atoms with Gasteiger partial charge in [-0.1, -0.05) is 64.1 Å². The molecular formula is C30H43NO5Si. The van der Waals surface area contributed by atoms with Gasteiger partial charge in [0.1, 0.15) is 5.75 Å². The van der Waals surface area contributed by atoms with Crippen molar-refractivity contribution in [1.29, 1.82) is 0 Å². The molecule has 2 aromatic carbocycles. The van der Waals surface area contributed by atoms with Gasteiger partial charge in [-0.3, -0.25) is 9.59 Å². The first kappa shape index (κ1) is 29.1. The second-order valence-electron chi connectivity index (χ2n) is 11.5. The monoisotopic (exact) mass is 525 g/mol. The predicted molar refractivity (Wildman–Crippen MR) is 150 cm³/mol. The summed E-state index contributed by atoms with van der Waals surface area (Å²) in [6.07, 6.45) is 1.34. The number of ketones is 1. The van der Waals surface area contributed by atoms with Crippen molar-refractivity contribution in [1.82, 2.24) is 4.90 Å². The van der Waals surface area contributed by atoms with Crippen LogP contribution in [0.25, 0.3) is 0 Å². The molecule has 0 saturated carbocycles. The largest absolute Gasteiger partial charge is 0.493 e. The highest BCUT2D eigenvalue weighted by Crippen LogP contribution is 2.38. The zero-order valence-corrected chi connectivity index (χ0v) is 24.3. The van der Waals surface area contributed by atoms with Crippen molar-refractivity contribution < 1.29 is 23.9 Å². The number of aliphatic hydroxyl groups is 1. The van der Waals surface area contributed by atoms with Crippen LogP contribution in [0, 0.1) is 0 Å². The fourth-order valence-corrected chi connectivity index (χ4v) is 5.47. The zero-order valence-electron chi connectivity index (χ0n) is 23.3. The lowest BCUT2D eigenvalue weighted by Gasteiger charge is -2.38. The van der Waals surface area contributed by atoms with E-state index in [1.54, 1.807) is 4.90 Å². The van der Waals surface area contributed by atoms with Crippen LogP contribution >= 0.6 is 0 Å². The molecule has 7 heteroatoms. The molecule has 1 amide bonds. The lowest BCUT2D eigenvalue weighted by Crippen LogP contribution is -2.47. The summed E-state index contributed by atoms with van der Waals surface area (Å²) in [6.45, 7) is 13.9. The van der Waals surface area contributed by atoms with Gasteiger partial charge in [-0.05, 0) is 54.2 Å². The van der Waals surface area contributed by atoms with Crippen LogP contribution in [0.4, 0.5) is 0 Å². The molecule has 2 atom stereocenters. The Hall–Kier alpha value is -2.48. The molecule has 1 aliphatic heterocycles. The van der Waals surface area contributed by atoms with Crippen molar-refractivity contribution in [2.45, 2.75) is 83.7 Å². The number of benzene rings is 2. The van der Waals surface area contributed by atoms with Crippen LogP contribution in [0.5, 0.6) is 5.75 Å². The maximum absolute atomic E-state index is 12.7. The average Bonchev–Trinajstić information content (AvgIpc) is 3.22. The molecule has 3 rings (SSSR count). The van der Waals surface area contributed by atoms with Crippen LogP contribution in [0.1, 0.15) is 62.0 Å². The quantitative estimate of drug-likeness (QED) is 0.313. The fourth-order valence-electron chi connectivity index (χ4n) is 4.13. The highest BCUT2D eigenvalue weighted by atomic mass is 28.4. The molecule has 1 N–H and O–H groups in total. The summed E-state index contributed by atoms with van der Waals surface area (Å²) in [5.74, 6) is 0.798. The maximum Gasteiger partial charge on any atom is 0.226 e. The lowest BCUT2D eigenvalue weighted by molar-refractivity contribution is -0.131. The normalized spacial score (nSPS) is 18.2. The second kappa shape index (κ2) is 12.4. The number of β-amino-alcohol motifs (C(OH)–C–C–N with tert-alkyl or cyclic N) is 1. The minimum atomic E-state index is -2.03. The second-order valence-corrected chi connectivity index (χ2v) is 16.3. The lowest BCUT2D eigenvalue weighted by atomic mass is 10.0. The number of rotatable bonds is 11. The summed E-state index contributed by atoms with van der Waals surface area (Å²) in [6, 6.07) is 15.5. The van der Waals surface area contributed by atoms with E-state index >= 15 is 0 Å². The Kier molecular flexibility index (Phi) is 9.72. The molecule has 1 fully saturated rings. The summed E-state index contributed by atoms with van der Waals surface area (Å²) in [5, 5.41) is 10.5. The third-order valence-electron chi connectivity index (χ3n) is 7.67. The first-order valence-electron chi connectivity index (χ1n) is 13.4. The van der Waals surface area contributed by atoms with Crippen molar-refractivity contribution in [3.63, 3.8) is 0 Å². The summed E-state index contributed by atoms with van der Waals surface area (Å²) in [4.78, 5) is 26.9. The number of carbonyl (C=O) groups is 2. The van der Waals surface area contributed by atoms with Gasteiger partial charge in [-0.25, -0.2) is 0 Å². The molecule has 0 spiro atoms. The fraction of sp³-hybridized carbons (Fsp3) is 0.533. The summed E-state index contributed by atoms with van der Waals surface area (Å²) >= 11 is 0. The summed E-state index contributed by atoms with van der Waals surface area (Å²) in [5.41, 5.74) is 3.05. The number of hydrogen-bond acceptors (Lipinski definition) is 5. The number of nitrogens with zero attached hydrogens (tertiary/aromatic N) is 1. The Morgan fingerprint density at radius 2 is 1.59 bits per heavy atom. The molecular weight excluding hydrogens is 482 g/mol. The van der Waals surface area contributed by atoms with Gasteiger partial charge in [0.2, 0.25) is 5.91 Å². The van der Waals surface area contributed by atoms with Gasteiger partial charge in [-0.15, -0.1) is 0 Å². The number of aliphatic hydroxyl groups excluding tert-OH is 1. The van der Waals surface area contributed by atoms with Crippen LogP contribution in [0.15, 0.2) is 48.5 Å². The van der Waals surface area contributed by atoms with Gasteiger partial charge in [0.25, 0.3) is 0 Å². The van der Waals surface area contributed by atoms with E-state index in [2.05, 4.69) is 40.8 Å². The molecule has 202 valence electrons. The molecule has 0 aliphatic carbocycles. The number of amides is 1. The van der Waals surface area contributed by atoms with E-state index in [4.69, 9.17) is 9.16 Å². The minimum Gasteiger partial charge on any atom is -0.493 e. The molecule has 2 aromatic rings. The average molecular weight is 526 g/mol. The van der Waals surface area contributed by atoms with Gasteiger partial charge in [0.15, 0.2) is 14.1 Å². The van der Waals surface area contributed by atoms with E-state index < -0.39 is 14.4 Å². The molecule has 0 bridgehead atoms. The first-order valence-corrected chi connectivity index (χ1v) is 16.3. The summed E-state index contributed by atoms with van der Waals surface area (Å²) < 4.78 is 12.1. The van der Waals surface area contributed by atoms with Gasteiger partial charge in [-0.2, -0.15) is 0 Å². The maximum atomic E-state index is 12.7. The molecule has 6 nitrogen and oxygen atoms in total. The van der Waals surface area contributed by atoms with Crippen molar-refractivity contribution in [2.75, 3.05) is 19.7 Å². The van der Waals surface area contributed by atoms with E-state index in [0.29, 0.717) is 31.7 Å². The topological polar surface area (TPSA) is 76.1 Å². The first-order chi connectivity index (χ1) is 17.4. The Morgan fingerprint density at radius 3 is 2.19 bits per heavy atom. The van der Waals surface area contributed by atoms with Crippen LogP contribution in [0.3, 0.4) is 0 Å². The van der Waals surface area contributed by atoms with Gasteiger partial charge < -0.3 is 19.2 Å². The van der Waals surface area contributed by atoms with E-state index in [9.17, 15) is 14.7 Å². The Bertz CT molecular complexity index is 1040. The van der Waals surface area contributed by atoms with E-state index in [0.717, 1.165) is 17.5 Å². The number of Topliss-reactive ketones (excluding diaryl/α,β-unsaturated/α-hetero) is 1. The minimum absolute atomic E-state index is 0.0394. The van der Waals surface area contributed by atoms with Crippen molar-refractivity contribution in [3.8, 4) is 5.75 Å². The Labute approximate surface area is 223 Å². The van der Waals surface area contributed by atoms with Crippen LogP contribution < -0.4 is 4.74 Å². The van der Waals surface area contributed by atoms with Gasteiger partial charge in [0.05, 0.1) is 25.2 Å². The highest BCUT2D eigenvalue weighted by Gasteiger charge is 2.43. The number of ether oxygens (including phenoxy) is 1. The standard InChI is InChI=1S/C30H43NO5Si/c1-7-22-8-13-24(14-9-22)26(32)17-12-23-10-15-25(16-11-23)35-19-18-29(34)31-20-27(33)28(21-31)36-37(5,6)30(2,3)4/h8-11,13-16,27-28,33H,7,12,17-21H2,1-6H3/t27-,28+/m1/s1. The van der Waals surface area contributed by atoms with E-state index in [1.807, 2.05) is 48.5 Å². The van der Waals surface area contributed by atoms with Crippen molar-refractivity contribution >= 4 is 20.0 Å². The molecule has 0 unspecified atom stereocenters. The SMILES string of the molecule is CCc1ccc(C(=O)CCc2ccc(OCCC(=O)N3C[C@@H](O)[C@@H](O[Si](C)(C)C(C)(C)C)C3)cc2)cc1. The smallest absolute Gasteiger partial charge is 0.226 e. The third kappa shape index (κ3) is 8.00. The van der Waals surface area contributed by atoms with Gasteiger partial charge in [0, 0.05) is 25.1 Å². The van der Waals surface area contributed by atoms with Crippen LogP contribution in [-0.4, -0.2) is 61.9 Å². The van der Waals surface area contributed by atoms with Crippen LogP contribution in [-0.2, 0) is 22.1 Å². The number of likely N-dealkylation sites (tertiary alicyclic amines) is 1. The molecule has 1 saturated heterocycles. The van der Waals surface area contributed by atoms with Crippen LogP contribution in [0.2, 0.25) is 18.1 Å². The number of carbonyl (C=O) groups excluding carboxylic acids is 2. The Morgan fingerprint density at radius 1 is 0.973 bits per heavy atom. The summed E-state index contributed by atoms with van der Waals surface area (Å²) in [7, 11) is -2.03. The third-order valence-corrected chi connectivity index (χ3v) is 12.2. The molecule has 1 aliphatic rings. The van der Waals surface area contributed by atoms with Crippen molar-refractivity contribution in [3.05, 3.63) is 65.2 Å². The van der Waals surface area contributed by atoms with Gasteiger partial charge >= 0.3 is 0 Å². The van der Waals surface area contributed by atoms with Crippen molar-refractivity contribution in [2.24, 2.45) is 0 Å².